The van der Waals surface area contributed by atoms with Gasteiger partial charge in [0.1, 0.15) is 5.75 Å². The van der Waals surface area contributed by atoms with Crippen molar-refractivity contribution in [1.82, 2.24) is 10.7 Å². The van der Waals surface area contributed by atoms with Crippen LogP contribution in [0.5, 0.6) is 5.75 Å². The fraction of sp³-hybridized carbons (Fsp3) is 0.462. The third-order valence-corrected chi connectivity index (χ3v) is 2.67. The molecule has 0 aliphatic heterocycles. The molecule has 0 saturated heterocycles. The first-order chi connectivity index (χ1) is 9.21. The summed E-state index contributed by atoms with van der Waals surface area (Å²) >= 11 is 0. The van der Waals surface area contributed by atoms with Gasteiger partial charge in [-0.1, -0.05) is 12.1 Å². The molecule has 1 rings (SSSR count). The van der Waals surface area contributed by atoms with E-state index in [1.54, 1.807) is 14.2 Å². The third-order valence-electron chi connectivity index (χ3n) is 2.67. The second-order valence-corrected chi connectivity index (χ2v) is 4.01. The minimum atomic E-state index is 0.0863. The number of nitrogens with zero attached hydrogens (tertiary/aromatic N) is 1. The maximum Gasteiger partial charge on any atom is 0.206 e. The molecule has 1 aromatic carbocycles. The van der Waals surface area contributed by atoms with Crippen molar-refractivity contribution in [3.05, 3.63) is 29.8 Å². The van der Waals surface area contributed by atoms with Crippen molar-refractivity contribution in [2.75, 3.05) is 27.4 Å². The molecule has 6 heteroatoms. The van der Waals surface area contributed by atoms with Gasteiger partial charge in [0.25, 0.3) is 0 Å². The van der Waals surface area contributed by atoms with E-state index in [2.05, 4.69) is 15.7 Å². The molecular formula is C13H22N4O2. The number of nitrogens with two attached hydrogens (primary N) is 1. The van der Waals surface area contributed by atoms with Crippen LogP contribution in [-0.4, -0.2) is 33.3 Å². The molecule has 0 radical (unpaired) electrons. The van der Waals surface area contributed by atoms with Crippen molar-refractivity contribution >= 4 is 5.96 Å². The summed E-state index contributed by atoms with van der Waals surface area (Å²) in [4.78, 5) is 4.25. The fourth-order valence-corrected chi connectivity index (χ4v) is 1.56. The van der Waals surface area contributed by atoms with E-state index in [1.165, 1.54) is 0 Å². The molecule has 1 unspecified atom stereocenters. The summed E-state index contributed by atoms with van der Waals surface area (Å²) in [6.45, 7) is 3.15. The lowest BCUT2D eigenvalue weighted by molar-refractivity contribution is 0.208. The van der Waals surface area contributed by atoms with Crippen LogP contribution in [0.25, 0.3) is 0 Å². The highest BCUT2D eigenvalue weighted by molar-refractivity contribution is 5.79. The smallest absolute Gasteiger partial charge is 0.206 e. The van der Waals surface area contributed by atoms with Gasteiger partial charge in [0.15, 0.2) is 0 Å². The van der Waals surface area contributed by atoms with Crippen molar-refractivity contribution in [3.8, 4) is 5.75 Å². The van der Waals surface area contributed by atoms with Crippen molar-refractivity contribution in [1.29, 1.82) is 0 Å². The Balaban J connectivity index is 2.60. The van der Waals surface area contributed by atoms with Crippen LogP contribution in [-0.2, 0) is 4.74 Å². The van der Waals surface area contributed by atoms with E-state index in [4.69, 9.17) is 15.3 Å². The van der Waals surface area contributed by atoms with Crippen LogP contribution in [0, 0.1) is 0 Å². The van der Waals surface area contributed by atoms with E-state index in [0.29, 0.717) is 19.1 Å². The summed E-state index contributed by atoms with van der Waals surface area (Å²) in [6.07, 6.45) is 0. The second-order valence-electron chi connectivity index (χ2n) is 4.01. The van der Waals surface area contributed by atoms with Gasteiger partial charge in [-0.2, -0.15) is 0 Å². The van der Waals surface area contributed by atoms with Gasteiger partial charge >= 0.3 is 0 Å². The summed E-state index contributed by atoms with van der Waals surface area (Å²) in [5, 5.41) is 3.20. The van der Waals surface area contributed by atoms with Gasteiger partial charge in [-0.05, 0) is 24.6 Å². The summed E-state index contributed by atoms with van der Waals surface area (Å²) in [6, 6.07) is 7.93. The molecular weight excluding hydrogens is 244 g/mol. The molecule has 0 aliphatic carbocycles. The zero-order valence-corrected chi connectivity index (χ0v) is 11.6. The molecule has 0 fully saturated rings. The number of hydrogen-bond acceptors (Lipinski definition) is 4. The van der Waals surface area contributed by atoms with E-state index >= 15 is 0 Å². The fourth-order valence-electron chi connectivity index (χ4n) is 1.56. The Bertz CT molecular complexity index is 392. The van der Waals surface area contributed by atoms with Crippen molar-refractivity contribution < 1.29 is 9.47 Å². The number of rotatable bonds is 6. The van der Waals surface area contributed by atoms with E-state index in [1.807, 2.05) is 31.2 Å². The molecule has 0 amide bonds. The van der Waals surface area contributed by atoms with E-state index < -0.39 is 0 Å². The van der Waals surface area contributed by atoms with E-state index in [-0.39, 0.29) is 6.04 Å². The average Bonchev–Trinajstić information content (AvgIpc) is 2.46. The Morgan fingerprint density at radius 1 is 1.32 bits per heavy atom. The zero-order valence-electron chi connectivity index (χ0n) is 11.6. The Kier molecular flexibility index (Phi) is 6.70. The topological polar surface area (TPSA) is 80.9 Å². The number of guanidine groups is 1. The van der Waals surface area contributed by atoms with Gasteiger partial charge in [0.05, 0.1) is 26.3 Å². The molecule has 0 aliphatic rings. The number of ether oxygens (including phenoxy) is 2. The number of aliphatic imine (C=N–C) groups is 1. The standard InChI is InChI=1S/C13H22N4O2/c1-10(11-4-6-12(19-3)7-5-11)16-13(17-14)15-8-9-18-2/h4-7,10H,8-9,14H2,1-3H3,(H2,15,16,17). The van der Waals surface area contributed by atoms with Crippen molar-refractivity contribution in [2.24, 2.45) is 10.8 Å². The second kappa shape index (κ2) is 8.34. The first-order valence-electron chi connectivity index (χ1n) is 6.11. The summed E-state index contributed by atoms with van der Waals surface area (Å²) < 4.78 is 10.1. The van der Waals surface area contributed by atoms with Crippen LogP contribution in [0.2, 0.25) is 0 Å². The molecule has 1 atom stereocenters. The maximum absolute atomic E-state index is 5.42. The molecule has 6 nitrogen and oxygen atoms in total. The predicted octanol–water partition coefficient (Wildman–Crippen LogP) is 0.812. The first kappa shape index (κ1) is 15.3. The van der Waals surface area contributed by atoms with Crippen LogP contribution in [0.1, 0.15) is 18.5 Å². The quantitative estimate of drug-likeness (QED) is 0.233. The number of benzene rings is 1. The van der Waals surface area contributed by atoms with Gasteiger partial charge < -0.3 is 14.8 Å². The predicted molar refractivity (Wildman–Crippen MR) is 76.0 cm³/mol. The molecule has 106 valence electrons. The number of nitrogens with one attached hydrogen (secondary N) is 2. The molecule has 0 bridgehead atoms. The highest BCUT2D eigenvalue weighted by atomic mass is 16.5. The van der Waals surface area contributed by atoms with Crippen LogP contribution < -0.4 is 21.3 Å². The highest BCUT2D eigenvalue weighted by Gasteiger charge is 2.07. The lowest BCUT2D eigenvalue weighted by Crippen LogP contribution is -2.42. The summed E-state index contributed by atoms with van der Waals surface area (Å²) in [5.74, 6) is 6.80. The van der Waals surface area contributed by atoms with Gasteiger partial charge in [0.2, 0.25) is 5.96 Å². The Morgan fingerprint density at radius 2 is 2.00 bits per heavy atom. The zero-order chi connectivity index (χ0) is 14.1. The van der Waals surface area contributed by atoms with Gasteiger partial charge in [-0.15, -0.1) is 0 Å². The van der Waals surface area contributed by atoms with Crippen LogP contribution >= 0.6 is 0 Å². The largest absolute Gasteiger partial charge is 0.497 e. The normalized spacial score (nSPS) is 12.9. The first-order valence-corrected chi connectivity index (χ1v) is 6.11. The Hall–Kier alpha value is -1.79. The number of hydrogen-bond donors (Lipinski definition) is 3. The third kappa shape index (κ3) is 5.15. The Labute approximate surface area is 114 Å². The number of methoxy groups -OCH3 is 2. The van der Waals surface area contributed by atoms with Crippen LogP contribution in [0.4, 0.5) is 0 Å². The highest BCUT2D eigenvalue weighted by Crippen LogP contribution is 2.16. The molecule has 0 heterocycles. The minimum absolute atomic E-state index is 0.0863. The molecule has 4 N–H and O–H groups in total. The van der Waals surface area contributed by atoms with Gasteiger partial charge in [0, 0.05) is 7.11 Å². The SMILES string of the molecule is COCCN=C(NN)NC(C)c1ccc(OC)cc1. The van der Waals surface area contributed by atoms with Gasteiger partial charge in [-0.3, -0.25) is 5.43 Å². The molecule has 19 heavy (non-hydrogen) atoms. The van der Waals surface area contributed by atoms with Crippen LogP contribution in [0.15, 0.2) is 29.3 Å². The van der Waals surface area contributed by atoms with Crippen molar-refractivity contribution in [2.45, 2.75) is 13.0 Å². The van der Waals surface area contributed by atoms with E-state index in [9.17, 15) is 0 Å². The molecule has 0 spiro atoms. The summed E-state index contributed by atoms with van der Waals surface area (Å²) in [5.41, 5.74) is 3.66. The monoisotopic (exact) mass is 266 g/mol. The Morgan fingerprint density at radius 3 is 2.53 bits per heavy atom. The van der Waals surface area contributed by atoms with Crippen LogP contribution in [0.3, 0.4) is 0 Å². The number of hydrazine groups is 1. The van der Waals surface area contributed by atoms with Gasteiger partial charge in [-0.25, -0.2) is 10.8 Å². The lowest BCUT2D eigenvalue weighted by atomic mass is 10.1. The maximum atomic E-state index is 5.42. The van der Waals surface area contributed by atoms with E-state index in [0.717, 1.165) is 11.3 Å². The van der Waals surface area contributed by atoms with Crippen molar-refractivity contribution in [3.63, 3.8) is 0 Å². The minimum Gasteiger partial charge on any atom is -0.497 e. The lowest BCUT2D eigenvalue weighted by Gasteiger charge is -2.17. The molecule has 0 saturated carbocycles. The average molecular weight is 266 g/mol. The molecule has 1 aromatic rings. The molecule has 0 aromatic heterocycles. The summed E-state index contributed by atoms with van der Waals surface area (Å²) in [7, 11) is 3.29.